The maximum Gasteiger partial charge on any atom is 0.0169 e. The highest BCUT2D eigenvalue weighted by Crippen LogP contribution is 2.30. The van der Waals surface area contributed by atoms with Crippen molar-refractivity contribution in [2.75, 3.05) is 19.6 Å². The molecular formula is C16H32N2. The molecule has 2 nitrogen and oxygen atoms in total. The molecule has 18 heavy (non-hydrogen) atoms. The molecule has 3 unspecified atom stereocenters. The molecule has 1 saturated carbocycles. The van der Waals surface area contributed by atoms with E-state index in [4.69, 9.17) is 0 Å². The van der Waals surface area contributed by atoms with Crippen LogP contribution in [0.4, 0.5) is 0 Å². The molecule has 106 valence electrons. The van der Waals surface area contributed by atoms with Gasteiger partial charge in [-0.2, -0.15) is 0 Å². The third kappa shape index (κ3) is 4.24. The topological polar surface area (TPSA) is 15.3 Å². The summed E-state index contributed by atoms with van der Waals surface area (Å²) in [5.41, 5.74) is 0. The first-order valence-electron chi connectivity index (χ1n) is 8.13. The largest absolute Gasteiger partial charge is 0.310 e. The van der Waals surface area contributed by atoms with Crippen LogP contribution in [0, 0.1) is 11.8 Å². The Morgan fingerprint density at radius 1 is 1.06 bits per heavy atom. The van der Waals surface area contributed by atoms with Gasteiger partial charge in [-0.25, -0.2) is 0 Å². The predicted molar refractivity (Wildman–Crippen MR) is 78.9 cm³/mol. The third-order valence-electron chi connectivity index (χ3n) is 4.91. The summed E-state index contributed by atoms with van der Waals surface area (Å²) in [5, 5.41) is 3.89. The smallest absolute Gasteiger partial charge is 0.0169 e. The first-order chi connectivity index (χ1) is 8.65. The summed E-state index contributed by atoms with van der Waals surface area (Å²) in [4.78, 5) is 2.63. The summed E-state index contributed by atoms with van der Waals surface area (Å²) in [7, 11) is 0. The molecule has 3 atom stereocenters. The lowest BCUT2D eigenvalue weighted by Gasteiger charge is -2.34. The summed E-state index contributed by atoms with van der Waals surface area (Å²) in [5.74, 6) is 1.82. The minimum absolute atomic E-state index is 0.666. The van der Waals surface area contributed by atoms with E-state index in [-0.39, 0.29) is 0 Å². The van der Waals surface area contributed by atoms with Gasteiger partial charge in [-0.15, -0.1) is 0 Å². The zero-order valence-electron chi connectivity index (χ0n) is 12.6. The van der Waals surface area contributed by atoms with E-state index in [1.165, 1.54) is 58.2 Å². The van der Waals surface area contributed by atoms with Crippen LogP contribution < -0.4 is 5.32 Å². The Morgan fingerprint density at radius 2 is 1.78 bits per heavy atom. The van der Waals surface area contributed by atoms with Crippen LogP contribution in [0.5, 0.6) is 0 Å². The molecule has 1 saturated heterocycles. The van der Waals surface area contributed by atoms with Crippen molar-refractivity contribution in [2.24, 2.45) is 11.8 Å². The second kappa shape index (κ2) is 6.91. The summed E-state index contributed by atoms with van der Waals surface area (Å²) in [6.07, 6.45) is 8.50. The molecule has 0 aromatic rings. The number of nitrogens with one attached hydrogen (secondary N) is 1. The van der Waals surface area contributed by atoms with Gasteiger partial charge in [0, 0.05) is 18.6 Å². The molecule has 1 aliphatic heterocycles. The standard InChI is InChI=1S/C16H32N2/c1-13(2)15-7-6-8-16(11-15)17-14(3)12-18-9-4-5-10-18/h13-17H,4-12H2,1-3H3. The maximum atomic E-state index is 3.89. The van der Waals surface area contributed by atoms with Crippen LogP contribution in [0.3, 0.4) is 0 Å². The van der Waals surface area contributed by atoms with Crippen molar-refractivity contribution in [3.05, 3.63) is 0 Å². The lowest BCUT2D eigenvalue weighted by Crippen LogP contribution is -2.45. The molecule has 0 radical (unpaired) electrons. The van der Waals surface area contributed by atoms with Crippen LogP contribution in [0.25, 0.3) is 0 Å². The van der Waals surface area contributed by atoms with E-state index in [1.807, 2.05) is 0 Å². The normalized spacial score (nSPS) is 32.0. The molecule has 2 heteroatoms. The van der Waals surface area contributed by atoms with Crippen molar-refractivity contribution in [2.45, 2.75) is 71.4 Å². The minimum Gasteiger partial charge on any atom is -0.310 e. The SMILES string of the molecule is CC(CN1CCCC1)NC1CCCC(C(C)C)C1. The summed E-state index contributed by atoms with van der Waals surface area (Å²) < 4.78 is 0. The van der Waals surface area contributed by atoms with E-state index in [0.29, 0.717) is 6.04 Å². The van der Waals surface area contributed by atoms with E-state index in [1.54, 1.807) is 0 Å². The van der Waals surface area contributed by atoms with Gasteiger partial charge in [0.25, 0.3) is 0 Å². The van der Waals surface area contributed by atoms with Crippen molar-refractivity contribution in [3.8, 4) is 0 Å². The summed E-state index contributed by atoms with van der Waals surface area (Å²) in [6.45, 7) is 11.1. The van der Waals surface area contributed by atoms with Crippen LogP contribution in [-0.2, 0) is 0 Å². The Bertz CT molecular complexity index is 233. The fourth-order valence-electron chi connectivity index (χ4n) is 3.79. The first kappa shape index (κ1) is 14.3. The molecule has 0 aromatic carbocycles. The van der Waals surface area contributed by atoms with E-state index >= 15 is 0 Å². The maximum absolute atomic E-state index is 3.89. The van der Waals surface area contributed by atoms with Crippen LogP contribution in [-0.4, -0.2) is 36.6 Å². The van der Waals surface area contributed by atoms with E-state index in [0.717, 1.165) is 17.9 Å². The molecule has 0 bridgehead atoms. The van der Waals surface area contributed by atoms with Gasteiger partial charge in [0.15, 0.2) is 0 Å². The minimum atomic E-state index is 0.666. The average molecular weight is 252 g/mol. The van der Waals surface area contributed by atoms with E-state index in [2.05, 4.69) is 31.0 Å². The fourth-order valence-corrected chi connectivity index (χ4v) is 3.79. The van der Waals surface area contributed by atoms with Crippen molar-refractivity contribution in [1.82, 2.24) is 10.2 Å². The van der Waals surface area contributed by atoms with Crippen LogP contribution in [0.15, 0.2) is 0 Å². The Hall–Kier alpha value is -0.0800. The zero-order valence-corrected chi connectivity index (χ0v) is 12.6. The molecule has 2 fully saturated rings. The molecule has 1 aliphatic carbocycles. The van der Waals surface area contributed by atoms with Gasteiger partial charge >= 0.3 is 0 Å². The second-order valence-corrected chi connectivity index (χ2v) is 6.94. The highest BCUT2D eigenvalue weighted by molar-refractivity contribution is 4.82. The zero-order chi connectivity index (χ0) is 13.0. The number of hydrogen-bond acceptors (Lipinski definition) is 2. The number of hydrogen-bond donors (Lipinski definition) is 1. The van der Waals surface area contributed by atoms with Gasteiger partial charge in [-0.3, -0.25) is 0 Å². The van der Waals surface area contributed by atoms with Crippen molar-refractivity contribution in [3.63, 3.8) is 0 Å². The molecule has 1 heterocycles. The monoisotopic (exact) mass is 252 g/mol. The quantitative estimate of drug-likeness (QED) is 0.808. The highest BCUT2D eigenvalue weighted by Gasteiger charge is 2.25. The lowest BCUT2D eigenvalue weighted by atomic mass is 9.79. The second-order valence-electron chi connectivity index (χ2n) is 6.94. The summed E-state index contributed by atoms with van der Waals surface area (Å²) in [6, 6.07) is 1.45. The molecular weight excluding hydrogens is 220 g/mol. The average Bonchev–Trinajstić information content (AvgIpc) is 2.82. The third-order valence-corrected chi connectivity index (χ3v) is 4.91. The molecule has 0 amide bonds. The highest BCUT2D eigenvalue weighted by atomic mass is 15.2. The Balaban J connectivity index is 1.70. The number of likely N-dealkylation sites (tertiary alicyclic amines) is 1. The molecule has 2 rings (SSSR count). The van der Waals surface area contributed by atoms with Gasteiger partial charge in [-0.1, -0.05) is 26.7 Å². The van der Waals surface area contributed by atoms with Gasteiger partial charge in [-0.05, 0) is 57.5 Å². The van der Waals surface area contributed by atoms with Crippen molar-refractivity contribution < 1.29 is 0 Å². The Labute approximate surface area is 114 Å². The predicted octanol–water partition coefficient (Wildman–Crippen LogP) is 3.28. The van der Waals surface area contributed by atoms with Gasteiger partial charge < -0.3 is 10.2 Å². The van der Waals surface area contributed by atoms with Gasteiger partial charge in [0.1, 0.15) is 0 Å². The number of rotatable bonds is 5. The van der Waals surface area contributed by atoms with Crippen LogP contribution in [0.2, 0.25) is 0 Å². The first-order valence-corrected chi connectivity index (χ1v) is 8.13. The molecule has 1 N–H and O–H groups in total. The Kier molecular flexibility index (Phi) is 5.50. The van der Waals surface area contributed by atoms with Crippen molar-refractivity contribution in [1.29, 1.82) is 0 Å². The van der Waals surface area contributed by atoms with Crippen LogP contribution in [0.1, 0.15) is 59.3 Å². The fraction of sp³-hybridized carbons (Fsp3) is 1.00. The van der Waals surface area contributed by atoms with Crippen LogP contribution >= 0.6 is 0 Å². The van der Waals surface area contributed by atoms with E-state index < -0.39 is 0 Å². The number of nitrogens with zero attached hydrogens (tertiary/aromatic N) is 1. The molecule has 2 aliphatic rings. The van der Waals surface area contributed by atoms with E-state index in [9.17, 15) is 0 Å². The molecule has 0 aromatic heterocycles. The summed E-state index contributed by atoms with van der Waals surface area (Å²) >= 11 is 0. The lowest BCUT2D eigenvalue weighted by molar-refractivity contribution is 0.208. The van der Waals surface area contributed by atoms with Gasteiger partial charge in [0.05, 0.1) is 0 Å². The van der Waals surface area contributed by atoms with Gasteiger partial charge in [0.2, 0.25) is 0 Å². The molecule has 0 spiro atoms. The Morgan fingerprint density at radius 3 is 2.44 bits per heavy atom. The van der Waals surface area contributed by atoms with Crippen molar-refractivity contribution >= 4 is 0 Å².